The van der Waals surface area contributed by atoms with Crippen LogP contribution < -0.4 is 0 Å². The second kappa shape index (κ2) is 9.84. The zero-order valence-corrected chi connectivity index (χ0v) is 23.2. The monoisotopic (exact) mass is 535 g/mol. The Morgan fingerprint density at radius 3 is 2.53 bits per heavy atom. The minimum absolute atomic E-state index is 0.185. The lowest BCUT2D eigenvalue weighted by Gasteiger charge is -2.40. The molecule has 8 nitrogen and oxygen atoms in total. The first-order valence-electron chi connectivity index (χ1n) is 12.8. The lowest BCUT2D eigenvalue weighted by Crippen LogP contribution is -2.51. The summed E-state index contributed by atoms with van der Waals surface area (Å²) in [6, 6.07) is 9.58. The third-order valence-electron chi connectivity index (χ3n) is 7.20. The number of ether oxygens (including phenoxy) is 1. The quantitative estimate of drug-likeness (QED) is 0.515. The normalized spacial score (nSPS) is 19.6. The average molecular weight is 536 g/mol. The summed E-state index contributed by atoms with van der Waals surface area (Å²) in [5.41, 5.74) is 3.21. The molecule has 1 saturated heterocycles. The van der Waals surface area contributed by atoms with Crippen molar-refractivity contribution >= 4 is 29.3 Å². The number of pyridine rings is 1. The van der Waals surface area contributed by atoms with Crippen molar-refractivity contribution in [2.45, 2.75) is 44.9 Å². The van der Waals surface area contributed by atoms with Gasteiger partial charge >= 0.3 is 6.09 Å². The number of amides is 1. The van der Waals surface area contributed by atoms with Gasteiger partial charge in [0.25, 0.3) is 0 Å². The summed E-state index contributed by atoms with van der Waals surface area (Å²) in [5.74, 6) is 0. The number of aryl methyl sites for hydroxylation is 1. The molecule has 3 aromatic rings. The number of fused-ring (bicyclic) bond motifs is 2. The molecule has 0 saturated carbocycles. The van der Waals surface area contributed by atoms with Gasteiger partial charge in [-0.1, -0.05) is 23.7 Å². The van der Waals surface area contributed by atoms with Gasteiger partial charge in [0, 0.05) is 44.4 Å². The molecule has 0 radical (unpaired) electrons. The summed E-state index contributed by atoms with van der Waals surface area (Å²) in [7, 11) is 1.87. The Hall–Kier alpha value is -3.20. The number of aromatic nitrogens is 3. The molecule has 2 atom stereocenters. The van der Waals surface area contributed by atoms with Crippen molar-refractivity contribution < 1.29 is 14.6 Å². The van der Waals surface area contributed by atoms with Crippen molar-refractivity contribution in [1.29, 1.82) is 0 Å². The van der Waals surface area contributed by atoms with E-state index in [0.717, 1.165) is 28.0 Å². The van der Waals surface area contributed by atoms with Crippen LogP contribution in [0.4, 0.5) is 4.79 Å². The predicted molar refractivity (Wildman–Crippen MR) is 148 cm³/mol. The van der Waals surface area contributed by atoms with E-state index in [0.29, 0.717) is 36.9 Å². The number of halogens is 1. The summed E-state index contributed by atoms with van der Waals surface area (Å²) in [6.45, 7) is 9.81. The fraction of sp³-hybridized carbons (Fsp3) is 0.414. The number of carbonyl (C=O) groups is 1. The molecule has 2 aliphatic rings. The van der Waals surface area contributed by atoms with E-state index in [9.17, 15) is 9.90 Å². The predicted octanol–water partition coefficient (Wildman–Crippen LogP) is 4.87. The molecule has 1 N–H and O–H groups in total. The van der Waals surface area contributed by atoms with Crippen molar-refractivity contribution in [1.82, 2.24) is 24.3 Å². The summed E-state index contributed by atoms with van der Waals surface area (Å²) < 4.78 is 7.43. The SMILES string of the molecule is Cn1cncc1[C@@](C)(O)C1=Cc2cccnc2C(N2CCN(C(=O)OC(C)(C)C)CC2)c2ccc(Cl)cc21. The van der Waals surface area contributed by atoms with Crippen LogP contribution >= 0.6 is 11.6 Å². The van der Waals surface area contributed by atoms with Gasteiger partial charge in [-0.2, -0.15) is 0 Å². The van der Waals surface area contributed by atoms with Gasteiger partial charge in [-0.05, 0) is 74.2 Å². The number of imidazole rings is 1. The van der Waals surface area contributed by atoms with Crippen molar-refractivity contribution in [2.75, 3.05) is 26.2 Å². The molecule has 1 fully saturated rings. The molecule has 1 unspecified atom stereocenters. The molecule has 9 heteroatoms. The standard InChI is InChI=1S/C29H34ClN5O3/c1-28(2,3)38-27(36)35-13-11-34(12-14-35)26-21-9-8-20(30)16-22(21)23(15-19-7-6-10-32-25(19)26)29(4,37)24-17-31-18-33(24)5/h6-10,15-18,26,37H,11-14H2,1-5H3/t26?,29-/m0/s1. The van der Waals surface area contributed by atoms with Crippen molar-refractivity contribution in [3.63, 3.8) is 0 Å². The average Bonchev–Trinajstić information content (AvgIpc) is 3.24. The minimum atomic E-state index is -1.35. The Kier molecular flexibility index (Phi) is 6.84. The molecule has 0 bridgehead atoms. The summed E-state index contributed by atoms with van der Waals surface area (Å²) >= 11 is 6.54. The smallest absolute Gasteiger partial charge is 0.410 e. The first-order chi connectivity index (χ1) is 18.0. The van der Waals surface area contributed by atoms with E-state index in [1.807, 2.05) is 68.8 Å². The number of benzene rings is 1. The molecule has 3 heterocycles. The Morgan fingerprint density at radius 1 is 1.13 bits per heavy atom. The van der Waals surface area contributed by atoms with Crippen LogP contribution in [0.1, 0.15) is 61.8 Å². The van der Waals surface area contributed by atoms with Gasteiger partial charge in [0.2, 0.25) is 0 Å². The van der Waals surface area contributed by atoms with E-state index in [-0.39, 0.29) is 12.1 Å². The highest BCUT2D eigenvalue weighted by Crippen LogP contribution is 2.46. The van der Waals surface area contributed by atoms with Gasteiger partial charge in [-0.15, -0.1) is 0 Å². The summed E-state index contributed by atoms with van der Waals surface area (Å²) in [4.78, 5) is 25.9. The number of hydrogen-bond acceptors (Lipinski definition) is 6. The van der Waals surface area contributed by atoms with Crippen LogP contribution in [0, 0.1) is 0 Å². The first kappa shape index (κ1) is 26.4. The zero-order chi connectivity index (χ0) is 27.2. The number of aliphatic hydroxyl groups is 1. The molecule has 1 aliphatic carbocycles. The van der Waals surface area contributed by atoms with Crippen LogP contribution in [0.5, 0.6) is 0 Å². The minimum Gasteiger partial charge on any atom is -0.444 e. The second-order valence-electron chi connectivity index (χ2n) is 11.1. The maximum absolute atomic E-state index is 12.7. The zero-order valence-electron chi connectivity index (χ0n) is 22.5. The van der Waals surface area contributed by atoms with Crippen molar-refractivity contribution in [2.24, 2.45) is 7.05 Å². The molecule has 1 aromatic carbocycles. The number of rotatable bonds is 3. The van der Waals surface area contributed by atoms with E-state index in [1.54, 1.807) is 30.5 Å². The van der Waals surface area contributed by atoms with Gasteiger partial charge in [0.05, 0.1) is 30.0 Å². The van der Waals surface area contributed by atoms with Crippen LogP contribution in [0.25, 0.3) is 11.6 Å². The number of piperazine rings is 1. The molecule has 2 aromatic heterocycles. The molecule has 38 heavy (non-hydrogen) atoms. The van der Waals surface area contributed by atoms with E-state index < -0.39 is 11.2 Å². The molecular formula is C29H34ClN5O3. The topological polar surface area (TPSA) is 83.7 Å². The van der Waals surface area contributed by atoms with Gasteiger partial charge in [-0.25, -0.2) is 9.78 Å². The van der Waals surface area contributed by atoms with Crippen LogP contribution in [-0.4, -0.2) is 67.3 Å². The molecule has 0 spiro atoms. The molecule has 1 aliphatic heterocycles. The fourth-order valence-corrected chi connectivity index (χ4v) is 5.56. The summed E-state index contributed by atoms with van der Waals surface area (Å²) in [6.07, 6.45) is 6.90. The largest absolute Gasteiger partial charge is 0.444 e. The van der Waals surface area contributed by atoms with E-state index >= 15 is 0 Å². The third kappa shape index (κ3) is 4.96. The Morgan fingerprint density at radius 2 is 1.87 bits per heavy atom. The van der Waals surface area contributed by atoms with E-state index in [1.165, 1.54) is 0 Å². The van der Waals surface area contributed by atoms with Crippen LogP contribution in [0.15, 0.2) is 49.1 Å². The summed E-state index contributed by atoms with van der Waals surface area (Å²) in [5, 5.41) is 12.6. The van der Waals surface area contributed by atoms with Gasteiger partial charge in [0.1, 0.15) is 11.2 Å². The lowest BCUT2D eigenvalue weighted by atomic mass is 9.84. The lowest BCUT2D eigenvalue weighted by molar-refractivity contribution is 0.0117. The van der Waals surface area contributed by atoms with Crippen LogP contribution in [-0.2, 0) is 17.4 Å². The van der Waals surface area contributed by atoms with E-state index in [2.05, 4.69) is 9.88 Å². The highest BCUT2D eigenvalue weighted by atomic mass is 35.5. The van der Waals surface area contributed by atoms with Crippen molar-refractivity contribution in [3.8, 4) is 0 Å². The van der Waals surface area contributed by atoms with Gasteiger partial charge in [0.15, 0.2) is 0 Å². The highest BCUT2D eigenvalue weighted by molar-refractivity contribution is 6.30. The Labute approximate surface area is 228 Å². The molecule has 5 rings (SSSR count). The van der Waals surface area contributed by atoms with E-state index in [4.69, 9.17) is 21.3 Å². The second-order valence-corrected chi connectivity index (χ2v) is 11.6. The number of hydrogen-bond donors (Lipinski definition) is 1. The third-order valence-corrected chi connectivity index (χ3v) is 7.44. The highest BCUT2D eigenvalue weighted by Gasteiger charge is 2.39. The number of nitrogens with zero attached hydrogens (tertiary/aromatic N) is 5. The van der Waals surface area contributed by atoms with Crippen molar-refractivity contribution in [3.05, 3.63) is 82.2 Å². The maximum atomic E-state index is 12.7. The Bertz CT molecular complexity index is 1380. The van der Waals surface area contributed by atoms with Crippen LogP contribution in [0.2, 0.25) is 5.02 Å². The Balaban J connectivity index is 1.57. The first-order valence-corrected chi connectivity index (χ1v) is 13.2. The van der Waals surface area contributed by atoms with Gasteiger partial charge in [-0.3, -0.25) is 9.88 Å². The maximum Gasteiger partial charge on any atom is 0.410 e. The van der Waals surface area contributed by atoms with Gasteiger partial charge < -0.3 is 19.3 Å². The number of carbonyl (C=O) groups excluding carboxylic acids is 1. The fourth-order valence-electron chi connectivity index (χ4n) is 5.39. The molecular weight excluding hydrogens is 502 g/mol. The molecule has 200 valence electrons. The van der Waals surface area contributed by atoms with Crippen LogP contribution in [0.3, 0.4) is 0 Å². The molecule has 1 amide bonds.